The third-order valence-electron chi connectivity index (χ3n) is 3.67. The lowest BCUT2D eigenvalue weighted by molar-refractivity contribution is 0.568. The first-order chi connectivity index (χ1) is 10.0. The van der Waals surface area contributed by atoms with E-state index in [0.29, 0.717) is 11.1 Å². The van der Waals surface area contributed by atoms with Gasteiger partial charge in [0.05, 0.1) is 0 Å². The Morgan fingerprint density at radius 2 is 1.76 bits per heavy atom. The lowest BCUT2D eigenvalue weighted by Gasteiger charge is -2.18. The highest BCUT2D eigenvalue weighted by Gasteiger charge is 2.15. The molecule has 0 amide bonds. The van der Waals surface area contributed by atoms with Gasteiger partial charge in [-0.15, -0.1) is 0 Å². The Bertz CT molecular complexity index is 623. The summed E-state index contributed by atoms with van der Waals surface area (Å²) in [4.78, 5) is 0. The van der Waals surface area contributed by atoms with Gasteiger partial charge in [0.15, 0.2) is 0 Å². The summed E-state index contributed by atoms with van der Waals surface area (Å²) in [6, 6.07) is 10.4. The van der Waals surface area contributed by atoms with E-state index in [1.807, 2.05) is 24.3 Å². The Hall–Kier alpha value is -1.74. The molecule has 0 radical (unpaired) electrons. The van der Waals surface area contributed by atoms with Gasteiger partial charge in [-0.3, -0.25) is 0 Å². The van der Waals surface area contributed by atoms with Crippen molar-refractivity contribution in [3.63, 3.8) is 0 Å². The van der Waals surface area contributed by atoms with E-state index in [9.17, 15) is 8.78 Å². The molecule has 0 aliphatic carbocycles. The van der Waals surface area contributed by atoms with Gasteiger partial charge in [0.1, 0.15) is 11.6 Å². The van der Waals surface area contributed by atoms with Gasteiger partial charge in [0, 0.05) is 17.7 Å². The molecule has 0 spiro atoms. The number of benzene rings is 2. The van der Waals surface area contributed by atoms with Crippen LogP contribution in [0.2, 0.25) is 0 Å². The van der Waals surface area contributed by atoms with Crippen LogP contribution >= 0.6 is 0 Å². The maximum atomic E-state index is 14.2. The molecule has 0 heterocycles. The molecule has 0 aliphatic rings. The van der Waals surface area contributed by atoms with Crippen LogP contribution in [-0.2, 0) is 0 Å². The molecule has 1 unspecified atom stereocenters. The number of rotatable bonds is 5. The summed E-state index contributed by atoms with van der Waals surface area (Å²) in [5.41, 5.74) is 2.75. The normalized spacial score (nSPS) is 12.4. The van der Waals surface area contributed by atoms with E-state index in [-0.39, 0.29) is 6.04 Å². The maximum Gasteiger partial charge on any atom is 0.133 e. The molecule has 0 aliphatic heterocycles. The molecular formula is C18H21F2N. The SMILES string of the molecule is CCCNC(C)c1ccccc1-c1cc(C)c(F)cc1F. The molecule has 2 aromatic rings. The highest BCUT2D eigenvalue weighted by atomic mass is 19.1. The average Bonchev–Trinajstić information content (AvgIpc) is 2.48. The third kappa shape index (κ3) is 3.48. The van der Waals surface area contributed by atoms with Crippen LogP contribution in [0, 0.1) is 18.6 Å². The highest BCUT2D eigenvalue weighted by molar-refractivity contribution is 5.69. The molecule has 112 valence electrons. The zero-order valence-corrected chi connectivity index (χ0v) is 12.7. The number of nitrogens with one attached hydrogen (secondary N) is 1. The fourth-order valence-electron chi connectivity index (χ4n) is 2.45. The zero-order valence-electron chi connectivity index (χ0n) is 12.7. The minimum atomic E-state index is -0.520. The van der Waals surface area contributed by atoms with Gasteiger partial charge in [0.2, 0.25) is 0 Å². The summed E-state index contributed by atoms with van der Waals surface area (Å²) in [6.45, 7) is 6.72. The fraction of sp³-hybridized carbons (Fsp3) is 0.333. The highest BCUT2D eigenvalue weighted by Crippen LogP contribution is 2.31. The van der Waals surface area contributed by atoms with E-state index in [2.05, 4.69) is 19.2 Å². The quantitative estimate of drug-likeness (QED) is 0.816. The first-order valence-corrected chi connectivity index (χ1v) is 7.33. The molecule has 1 nitrogen and oxygen atoms in total. The monoisotopic (exact) mass is 289 g/mol. The van der Waals surface area contributed by atoms with Crippen LogP contribution in [0.15, 0.2) is 36.4 Å². The summed E-state index contributed by atoms with van der Waals surface area (Å²) in [7, 11) is 0. The topological polar surface area (TPSA) is 12.0 Å². The number of halogens is 2. The number of hydrogen-bond donors (Lipinski definition) is 1. The Morgan fingerprint density at radius 3 is 2.48 bits per heavy atom. The summed E-state index contributed by atoms with van der Waals surface area (Å²) in [5, 5.41) is 3.41. The van der Waals surface area contributed by atoms with Crippen LogP contribution in [0.1, 0.15) is 37.4 Å². The second-order valence-electron chi connectivity index (χ2n) is 5.34. The van der Waals surface area contributed by atoms with Gasteiger partial charge in [-0.25, -0.2) is 8.78 Å². The number of aryl methyl sites for hydroxylation is 1. The Balaban J connectivity index is 2.47. The van der Waals surface area contributed by atoms with Crippen molar-refractivity contribution in [3.05, 3.63) is 59.2 Å². The maximum absolute atomic E-state index is 14.2. The second-order valence-corrected chi connectivity index (χ2v) is 5.34. The smallest absolute Gasteiger partial charge is 0.133 e. The Kier molecular flexibility index (Phi) is 5.07. The summed E-state index contributed by atoms with van der Waals surface area (Å²) < 4.78 is 27.6. The van der Waals surface area contributed by atoms with E-state index in [1.165, 1.54) is 0 Å². The van der Waals surface area contributed by atoms with Crippen molar-refractivity contribution < 1.29 is 8.78 Å². The van der Waals surface area contributed by atoms with Crippen LogP contribution in [0.5, 0.6) is 0 Å². The lowest BCUT2D eigenvalue weighted by Crippen LogP contribution is -2.19. The predicted molar refractivity (Wildman–Crippen MR) is 83.2 cm³/mol. The second kappa shape index (κ2) is 6.81. The molecular weight excluding hydrogens is 268 g/mol. The molecule has 0 aromatic heterocycles. The van der Waals surface area contributed by atoms with Gasteiger partial charge in [-0.1, -0.05) is 31.2 Å². The molecule has 0 bridgehead atoms. The first-order valence-electron chi connectivity index (χ1n) is 7.33. The zero-order chi connectivity index (χ0) is 15.4. The van der Waals surface area contributed by atoms with E-state index in [1.54, 1.807) is 13.0 Å². The van der Waals surface area contributed by atoms with E-state index >= 15 is 0 Å². The van der Waals surface area contributed by atoms with Crippen LogP contribution in [-0.4, -0.2) is 6.54 Å². The summed E-state index contributed by atoms with van der Waals surface area (Å²) >= 11 is 0. The van der Waals surface area contributed by atoms with Crippen molar-refractivity contribution >= 4 is 0 Å². The Labute approximate surface area is 125 Å². The van der Waals surface area contributed by atoms with Gasteiger partial charge in [-0.2, -0.15) is 0 Å². The van der Waals surface area contributed by atoms with Gasteiger partial charge >= 0.3 is 0 Å². The largest absolute Gasteiger partial charge is 0.310 e. The van der Waals surface area contributed by atoms with E-state index in [4.69, 9.17) is 0 Å². The minimum absolute atomic E-state index is 0.117. The summed E-state index contributed by atoms with van der Waals surface area (Å²) in [5.74, 6) is -1.03. The van der Waals surface area contributed by atoms with Gasteiger partial charge in [0.25, 0.3) is 0 Å². The summed E-state index contributed by atoms with van der Waals surface area (Å²) in [6.07, 6.45) is 1.04. The lowest BCUT2D eigenvalue weighted by atomic mass is 9.94. The van der Waals surface area contributed by atoms with E-state index < -0.39 is 11.6 Å². The van der Waals surface area contributed by atoms with Crippen LogP contribution in [0.3, 0.4) is 0 Å². The standard InChI is InChI=1S/C18H21F2N/c1-4-9-21-13(3)14-7-5-6-8-15(14)16-10-12(2)17(19)11-18(16)20/h5-8,10-11,13,21H,4,9H2,1-3H3. The van der Waals surface area contributed by atoms with Crippen molar-refractivity contribution in [3.8, 4) is 11.1 Å². The molecule has 3 heteroatoms. The fourth-order valence-corrected chi connectivity index (χ4v) is 2.45. The average molecular weight is 289 g/mol. The molecule has 0 saturated carbocycles. The third-order valence-corrected chi connectivity index (χ3v) is 3.67. The molecule has 2 rings (SSSR count). The minimum Gasteiger partial charge on any atom is -0.310 e. The molecule has 0 fully saturated rings. The molecule has 21 heavy (non-hydrogen) atoms. The molecule has 1 atom stereocenters. The van der Waals surface area contributed by atoms with E-state index in [0.717, 1.165) is 30.2 Å². The molecule has 1 N–H and O–H groups in total. The van der Waals surface area contributed by atoms with Crippen molar-refractivity contribution in [2.75, 3.05) is 6.54 Å². The van der Waals surface area contributed by atoms with Crippen molar-refractivity contribution in [1.29, 1.82) is 0 Å². The van der Waals surface area contributed by atoms with Crippen LogP contribution in [0.4, 0.5) is 8.78 Å². The van der Waals surface area contributed by atoms with Gasteiger partial charge in [-0.05, 0) is 49.6 Å². The van der Waals surface area contributed by atoms with Crippen molar-refractivity contribution in [2.24, 2.45) is 0 Å². The number of hydrogen-bond acceptors (Lipinski definition) is 1. The Morgan fingerprint density at radius 1 is 1.05 bits per heavy atom. The van der Waals surface area contributed by atoms with Gasteiger partial charge < -0.3 is 5.32 Å². The van der Waals surface area contributed by atoms with Crippen molar-refractivity contribution in [1.82, 2.24) is 5.32 Å². The van der Waals surface area contributed by atoms with Crippen molar-refractivity contribution in [2.45, 2.75) is 33.2 Å². The first kappa shape index (κ1) is 15.6. The molecule has 0 saturated heterocycles. The predicted octanol–water partition coefficient (Wildman–Crippen LogP) is 5.00. The molecule has 2 aromatic carbocycles. The van der Waals surface area contributed by atoms with Crippen LogP contribution < -0.4 is 5.32 Å². The van der Waals surface area contributed by atoms with Crippen LogP contribution in [0.25, 0.3) is 11.1 Å².